The minimum Gasteiger partial charge on any atom is -0.462 e. The van der Waals surface area contributed by atoms with Crippen molar-refractivity contribution in [3.8, 4) is 0 Å². The van der Waals surface area contributed by atoms with Gasteiger partial charge in [0.05, 0.1) is 24.3 Å². The Kier molecular flexibility index (Phi) is 7.63. The molecule has 0 aliphatic carbocycles. The van der Waals surface area contributed by atoms with Crippen molar-refractivity contribution in [2.24, 2.45) is 13.0 Å². The van der Waals surface area contributed by atoms with E-state index >= 15 is 0 Å². The van der Waals surface area contributed by atoms with Crippen LogP contribution < -0.4 is 10.6 Å². The van der Waals surface area contributed by atoms with E-state index in [0.717, 1.165) is 29.0 Å². The van der Waals surface area contributed by atoms with E-state index in [2.05, 4.69) is 15.7 Å². The Morgan fingerprint density at radius 3 is 2.75 bits per heavy atom. The Balaban J connectivity index is 0.00000280. The minimum absolute atomic E-state index is 0. The van der Waals surface area contributed by atoms with Crippen LogP contribution >= 0.6 is 23.7 Å². The van der Waals surface area contributed by atoms with Crippen molar-refractivity contribution in [2.75, 3.05) is 25.0 Å². The van der Waals surface area contributed by atoms with Crippen molar-refractivity contribution in [2.45, 2.75) is 33.1 Å². The number of ether oxygens (including phenoxy) is 1. The third-order valence-electron chi connectivity index (χ3n) is 4.98. The van der Waals surface area contributed by atoms with E-state index in [9.17, 15) is 9.59 Å². The van der Waals surface area contributed by atoms with Crippen LogP contribution in [0.15, 0.2) is 12.4 Å². The van der Waals surface area contributed by atoms with Gasteiger partial charge in [0.2, 0.25) is 5.91 Å². The fourth-order valence-corrected chi connectivity index (χ4v) is 4.79. The Bertz CT molecular complexity index is 848. The average molecular weight is 427 g/mol. The number of nitrogens with one attached hydrogen (secondary N) is 2. The highest BCUT2D eigenvalue weighted by Gasteiger charge is 2.36. The molecule has 1 saturated heterocycles. The molecule has 0 aromatic carbocycles. The number of aryl methyl sites for hydroxylation is 2. The van der Waals surface area contributed by atoms with E-state index in [-0.39, 0.29) is 36.1 Å². The lowest BCUT2D eigenvalue weighted by molar-refractivity contribution is -0.119. The lowest BCUT2D eigenvalue weighted by Gasteiger charge is -2.17. The Morgan fingerprint density at radius 2 is 2.14 bits per heavy atom. The topological polar surface area (TPSA) is 85.2 Å². The van der Waals surface area contributed by atoms with E-state index in [1.54, 1.807) is 11.6 Å². The maximum atomic E-state index is 13.0. The second-order valence-corrected chi connectivity index (χ2v) is 7.95. The molecule has 0 spiro atoms. The normalized spacial score (nSPS) is 18.6. The SMILES string of the molecule is CCOC(=O)c1c(NC(=O)[C@H]2CNC[C@@H]2c2cnn(C)c2)sc(C)c1CC.Cl. The third-order valence-corrected chi connectivity index (χ3v) is 6.05. The number of halogens is 1. The number of carbonyl (C=O) groups excluding carboxylic acids is 2. The van der Waals surface area contributed by atoms with Crippen LogP contribution in [0.3, 0.4) is 0 Å². The van der Waals surface area contributed by atoms with E-state index in [0.29, 0.717) is 23.7 Å². The largest absolute Gasteiger partial charge is 0.462 e. The van der Waals surface area contributed by atoms with Gasteiger partial charge in [-0.05, 0) is 31.4 Å². The Labute approximate surface area is 175 Å². The van der Waals surface area contributed by atoms with Gasteiger partial charge in [-0.1, -0.05) is 6.92 Å². The summed E-state index contributed by atoms with van der Waals surface area (Å²) in [6.45, 7) is 7.40. The predicted octanol–water partition coefficient (Wildman–Crippen LogP) is 2.89. The fourth-order valence-electron chi connectivity index (χ4n) is 3.65. The van der Waals surface area contributed by atoms with Crippen molar-refractivity contribution >= 4 is 40.6 Å². The molecule has 9 heteroatoms. The molecule has 0 radical (unpaired) electrons. The Hall–Kier alpha value is -1.90. The molecule has 0 bridgehead atoms. The molecule has 3 heterocycles. The molecule has 1 fully saturated rings. The van der Waals surface area contributed by atoms with Gasteiger partial charge < -0.3 is 15.4 Å². The van der Waals surface area contributed by atoms with Gasteiger partial charge in [0.1, 0.15) is 5.00 Å². The van der Waals surface area contributed by atoms with Crippen LogP contribution in [0.25, 0.3) is 0 Å². The number of hydrogen-bond donors (Lipinski definition) is 2. The molecule has 1 aliphatic heterocycles. The second kappa shape index (κ2) is 9.54. The lowest BCUT2D eigenvalue weighted by Crippen LogP contribution is -2.28. The third kappa shape index (κ3) is 4.39. The molecule has 2 aromatic heterocycles. The average Bonchev–Trinajstić information content (AvgIpc) is 3.33. The number of thiophene rings is 1. The van der Waals surface area contributed by atoms with E-state index in [4.69, 9.17) is 4.74 Å². The smallest absolute Gasteiger partial charge is 0.341 e. The number of nitrogens with zero attached hydrogens (tertiary/aromatic N) is 2. The predicted molar refractivity (Wildman–Crippen MR) is 113 cm³/mol. The number of esters is 1. The first-order valence-corrected chi connectivity index (χ1v) is 10.1. The van der Waals surface area contributed by atoms with Crippen molar-refractivity contribution in [3.63, 3.8) is 0 Å². The fraction of sp³-hybridized carbons (Fsp3) is 0.526. The van der Waals surface area contributed by atoms with Gasteiger partial charge in [-0.15, -0.1) is 23.7 Å². The molecule has 7 nitrogen and oxygen atoms in total. The number of amides is 1. The summed E-state index contributed by atoms with van der Waals surface area (Å²) in [5, 5.41) is 11.1. The maximum Gasteiger partial charge on any atom is 0.341 e. The number of carbonyl (C=O) groups is 2. The molecule has 154 valence electrons. The zero-order valence-corrected chi connectivity index (χ0v) is 18.2. The number of aromatic nitrogens is 2. The van der Waals surface area contributed by atoms with Gasteiger partial charge in [-0.2, -0.15) is 5.10 Å². The summed E-state index contributed by atoms with van der Waals surface area (Å²) in [5.41, 5.74) is 2.49. The molecular weight excluding hydrogens is 400 g/mol. The quantitative estimate of drug-likeness (QED) is 0.693. The summed E-state index contributed by atoms with van der Waals surface area (Å²) in [5.74, 6) is -0.598. The van der Waals surface area contributed by atoms with Gasteiger partial charge in [0.15, 0.2) is 0 Å². The monoisotopic (exact) mass is 426 g/mol. The number of rotatable bonds is 6. The van der Waals surface area contributed by atoms with Gasteiger partial charge in [-0.25, -0.2) is 4.79 Å². The molecule has 3 rings (SSSR count). The van der Waals surface area contributed by atoms with Gasteiger partial charge in [-0.3, -0.25) is 9.48 Å². The van der Waals surface area contributed by atoms with Crippen molar-refractivity contribution in [1.29, 1.82) is 0 Å². The number of hydrogen-bond acceptors (Lipinski definition) is 6. The summed E-state index contributed by atoms with van der Waals surface area (Å²) in [6, 6.07) is 0. The molecule has 0 unspecified atom stereocenters. The highest BCUT2D eigenvalue weighted by atomic mass is 35.5. The lowest BCUT2D eigenvalue weighted by atomic mass is 9.90. The molecule has 2 aromatic rings. The molecule has 2 N–H and O–H groups in total. The number of anilines is 1. The highest BCUT2D eigenvalue weighted by Crippen LogP contribution is 2.36. The van der Waals surface area contributed by atoms with Crippen LogP contribution in [0, 0.1) is 12.8 Å². The van der Waals surface area contributed by atoms with Crippen molar-refractivity contribution in [1.82, 2.24) is 15.1 Å². The summed E-state index contributed by atoms with van der Waals surface area (Å²) in [7, 11) is 1.87. The van der Waals surface area contributed by atoms with Crippen LogP contribution in [0.4, 0.5) is 5.00 Å². The minimum atomic E-state index is -0.373. The Morgan fingerprint density at radius 1 is 1.39 bits per heavy atom. The summed E-state index contributed by atoms with van der Waals surface area (Å²) in [6.07, 6.45) is 4.48. The van der Waals surface area contributed by atoms with E-state index in [1.165, 1.54) is 11.3 Å². The zero-order chi connectivity index (χ0) is 19.6. The molecule has 0 saturated carbocycles. The van der Waals surface area contributed by atoms with Gasteiger partial charge >= 0.3 is 5.97 Å². The molecule has 2 atom stereocenters. The molecule has 28 heavy (non-hydrogen) atoms. The van der Waals surface area contributed by atoms with Gasteiger partial charge in [0.25, 0.3) is 0 Å². The van der Waals surface area contributed by atoms with E-state index < -0.39 is 0 Å². The molecular formula is C19H27ClN4O3S. The van der Waals surface area contributed by atoms with Crippen molar-refractivity contribution < 1.29 is 14.3 Å². The van der Waals surface area contributed by atoms with Gasteiger partial charge in [0, 0.05) is 37.1 Å². The molecule has 1 aliphatic rings. The first-order chi connectivity index (χ1) is 13.0. The van der Waals surface area contributed by atoms with E-state index in [1.807, 2.05) is 33.3 Å². The standard InChI is InChI=1S/C19H26N4O3S.ClH/c1-5-13-11(3)27-18(16(13)19(25)26-6-2)22-17(24)15-9-20-8-14(15)12-7-21-23(4)10-12;/h7,10,14-15,20H,5-6,8-9H2,1-4H3,(H,22,24);1H/t14-,15+;/m1./s1. The van der Waals surface area contributed by atoms with Crippen LogP contribution in [0.1, 0.15) is 46.1 Å². The summed E-state index contributed by atoms with van der Waals surface area (Å²) < 4.78 is 6.97. The summed E-state index contributed by atoms with van der Waals surface area (Å²) >= 11 is 1.44. The van der Waals surface area contributed by atoms with Crippen LogP contribution in [-0.2, 0) is 23.0 Å². The maximum absolute atomic E-state index is 13.0. The van der Waals surface area contributed by atoms with Crippen LogP contribution in [0.2, 0.25) is 0 Å². The first-order valence-electron chi connectivity index (χ1n) is 9.25. The first kappa shape index (κ1) is 22.4. The van der Waals surface area contributed by atoms with Crippen LogP contribution in [-0.4, -0.2) is 41.4 Å². The zero-order valence-electron chi connectivity index (χ0n) is 16.6. The van der Waals surface area contributed by atoms with Crippen LogP contribution in [0.5, 0.6) is 0 Å². The summed E-state index contributed by atoms with van der Waals surface area (Å²) in [4.78, 5) is 26.5. The highest BCUT2D eigenvalue weighted by molar-refractivity contribution is 7.16. The molecule has 1 amide bonds. The second-order valence-electron chi connectivity index (χ2n) is 6.72. The van der Waals surface area contributed by atoms with Crippen molar-refractivity contribution in [3.05, 3.63) is 34.0 Å².